The average Bonchev–Trinajstić information content (AvgIpc) is 2.60. The van der Waals surface area contributed by atoms with E-state index in [2.05, 4.69) is 18.7 Å². The van der Waals surface area contributed by atoms with Gasteiger partial charge >= 0.3 is 0 Å². The summed E-state index contributed by atoms with van der Waals surface area (Å²) in [5.41, 5.74) is 0.560. The van der Waals surface area contributed by atoms with E-state index >= 15 is 0 Å². The van der Waals surface area contributed by atoms with E-state index in [1.807, 2.05) is 0 Å². The molecular weight excluding hydrogens is 194 g/mol. The molecule has 1 heteroatoms. The van der Waals surface area contributed by atoms with Crippen LogP contribution in [0.5, 0.6) is 0 Å². The number of piperidine rings is 1. The fourth-order valence-corrected chi connectivity index (χ4v) is 3.51. The van der Waals surface area contributed by atoms with Gasteiger partial charge in [0.2, 0.25) is 0 Å². The van der Waals surface area contributed by atoms with E-state index in [1.165, 1.54) is 70.6 Å². The lowest BCUT2D eigenvalue weighted by Crippen LogP contribution is -2.46. The Morgan fingerprint density at radius 2 is 2.12 bits per heavy atom. The second-order valence-corrected chi connectivity index (χ2v) is 5.88. The molecule has 0 amide bonds. The van der Waals surface area contributed by atoms with E-state index in [0.29, 0.717) is 5.54 Å². The van der Waals surface area contributed by atoms with Crippen molar-refractivity contribution >= 4 is 0 Å². The Morgan fingerprint density at radius 1 is 1.19 bits per heavy atom. The van der Waals surface area contributed by atoms with E-state index in [1.54, 1.807) is 0 Å². The Kier molecular flexibility index (Phi) is 4.69. The zero-order chi connectivity index (χ0) is 11.3. The van der Waals surface area contributed by atoms with Gasteiger partial charge in [-0.05, 0) is 44.9 Å². The molecule has 2 aliphatic rings. The molecule has 2 saturated heterocycles. The third kappa shape index (κ3) is 3.23. The van der Waals surface area contributed by atoms with Crippen LogP contribution in [0.1, 0.15) is 77.6 Å². The molecule has 0 aromatic carbocycles. The molecule has 0 aromatic rings. The maximum Gasteiger partial charge on any atom is 0.0184 e. The van der Waals surface area contributed by atoms with Crippen LogP contribution in [0.2, 0.25) is 0 Å². The van der Waals surface area contributed by atoms with Crippen LogP contribution in [0.15, 0.2) is 0 Å². The van der Waals surface area contributed by atoms with Gasteiger partial charge in [0.15, 0.2) is 0 Å². The fraction of sp³-hybridized carbons (Fsp3) is 0.933. The van der Waals surface area contributed by atoms with Crippen LogP contribution in [0, 0.1) is 6.42 Å². The number of nitrogens with one attached hydrogen (secondary N) is 1. The summed E-state index contributed by atoms with van der Waals surface area (Å²) < 4.78 is 0. The summed E-state index contributed by atoms with van der Waals surface area (Å²) in [4.78, 5) is 0. The minimum Gasteiger partial charge on any atom is -0.308 e. The summed E-state index contributed by atoms with van der Waals surface area (Å²) >= 11 is 0. The standard InChI is InChI=1S/C15H28N/c1-2-3-4-5-6-7-11-15-12-8-9-14(16-15)10-13-15/h6,14,16H,2-5,7-13H2,1H3. The lowest BCUT2D eigenvalue weighted by Gasteiger charge is -2.34. The molecule has 1 N–H and O–H groups in total. The number of fused-ring (bicyclic) bond motifs is 2. The quantitative estimate of drug-likeness (QED) is 0.636. The second kappa shape index (κ2) is 6.05. The van der Waals surface area contributed by atoms with E-state index in [9.17, 15) is 0 Å². The van der Waals surface area contributed by atoms with Crippen molar-refractivity contribution in [3.05, 3.63) is 6.42 Å². The molecule has 2 unspecified atom stereocenters. The first-order chi connectivity index (χ1) is 7.85. The van der Waals surface area contributed by atoms with E-state index in [0.717, 1.165) is 6.04 Å². The van der Waals surface area contributed by atoms with Gasteiger partial charge in [-0.2, -0.15) is 0 Å². The van der Waals surface area contributed by atoms with Crippen LogP contribution in [0.3, 0.4) is 0 Å². The van der Waals surface area contributed by atoms with Gasteiger partial charge in [-0.15, -0.1) is 0 Å². The normalized spacial score (nSPS) is 33.2. The smallest absolute Gasteiger partial charge is 0.0184 e. The molecule has 2 aliphatic heterocycles. The predicted molar refractivity (Wildman–Crippen MR) is 70.4 cm³/mol. The summed E-state index contributed by atoms with van der Waals surface area (Å²) in [5, 5.41) is 3.89. The van der Waals surface area contributed by atoms with Crippen LogP contribution < -0.4 is 5.32 Å². The number of rotatable bonds is 7. The Morgan fingerprint density at radius 3 is 3.00 bits per heavy atom. The van der Waals surface area contributed by atoms with Crippen LogP contribution in [-0.4, -0.2) is 11.6 Å². The van der Waals surface area contributed by atoms with Gasteiger partial charge in [-0.1, -0.05) is 39.0 Å². The molecule has 16 heavy (non-hydrogen) atoms. The van der Waals surface area contributed by atoms with E-state index in [-0.39, 0.29) is 0 Å². The number of hydrogen-bond acceptors (Lipinski definition) is 1. The Hall–Kier alpha value is -0.0400. The molecule has 2 rings (SSSR count). The maximum absolute atomic E-state index is 3.89. The minimum absolute atomic E-state index is 0.560. The average molecular weight is 222 g/mol. The lowest BCUT2D eigenvalue weighted by molar-refractivity contribution is 0.257. The molecule has 1 nitrogen and oxygen atoms in total. The van der Waals surface area contributed by atoms with Gasteiger partial charge in [0.25, 0.3) is 0 Å². The van der Waals surface area contributed by atoms with Crippen molar-refractivity contribution in [2.45, 2.75) is 89.1 Å². The van der Waals surface area contributed by atoms with Gasteiger partial charge in [0.1, 0.15) is 0 Å². The molecule has 0 spiro atoms. The minimum atomic E-state index is 0.560. The van der Waals surface area contributed by atoms with Gasteiger partial charge in [0, 0.05) is 11.6 Å². The maximum atomic E-state index is 3.89. The Balaban J connectivity index is 1.58. The molecule has 2 heterocycles. The van der Waals surface area contributed by atoms with Crippen molar-refractivity contribution in [1.82, 2.24) is 5.32 Å². The highest BCUT2D eigenvalue weighted by molar-refractivity contribution is 5.01. The number of unbranched alkanes of at least 4 members (excludes halogenated alkanes) is 5. The summed E-state index contributed by atoms with van der Waals surface area (Å²) in [6.45, 7) is 2.28. The summed E-state index contributed by atoms with van der Waals surface area (Å²) in [7, 11) is 0. The largest absolute Gasteiger partial charge is 0.308 e. The molecule has 2 bridgehead atoms. The van der Waals surface area contributed by atoms with Crippen LogP contribution >= 0.6 is 0 Å². The SMILES string of the molecule is CCCCC[CH]CCC12CCCC(CC1)N2. The monoisotopic (exact) mass is 222 g/mol. The van der Waals surface area contributed by atoms with Crippen LogP contribution in [-0.2, 0) is 0 Å². The number of hydrogen-bond donors (Lipinski definition) is 1. The Bertz CT molecular complexity index is 198. The third-order valence-corrected chi connectivity index (χ3v) is 4.53. The van der Waals surface area contributed by atoms with Crippen molar-refractivity contribution in [2.24, 2.45) is 0 Å². The van der Waals surface area contributed by atoms with Crippen molar-refractivity contribution < 1.29 is 0 Å². The molecule has 93 valence electrons. The summed E-state index contributed by atoms with van der Waals surface area (Å²) in [5.74, 6) is 0. The highest BCUT2D eigenvalue weighted by Gasteiger charge is 2.40. The molecule has 2 fully saturated rings. The van der Waals surface area contributed by atoms with E-state index in [4.69, 9.17) is 0 Å². The van der Waals surface area contributed by atoms with Gasteiger partial charge in [-0.3, -0.25) is 0 Å². The molecule has 0 saturated carbocycles. The zero-order valence-electron chi connectivity index (χ0n) is 10.9. The van der Waals surface area contributed by atoms with Crippen LogP contribution in [0.25, 0.3) is 0 Å². The van der Waals surface area contributed by atoms with Gasteiger partial charge in [0.05, 0.1) is 0 Å². The van der Waals surface area contributed by atoms with Crippen molar-refractivity contribution in [3.63, 3.8) is 0 Å². The lowest BCUT2D eigenvalue weighted by atomic mass is 9.85. The Labute approximate surface area is 101 Å². The second-order valence-electron chi connectivity index (χ2n) is 5.88. The molecule has 1 radical (unpaired) electrons. The zero-order valence-corrected chi connectivity index (χ0v) is 10.9. The fourth-order valence-electron chi connectivity index (χ4n) is 3.51. The highest BCUT2D eigenvalue weighted by Crippen LogP contribution is 2.38. The molecular formula is C15H28N. The highest BCUT2D eigenvalue weighted by atomic mass is 15.1. The van der Waals surface area contributed by atoms with E-state index < -0.39 is 0 Å². The molecule has 0 aliphatic carbocycles. The first-order valence-electron chi connectivity index (χ1n) is 7.44. The summed E-state index contributed by atoms with van der Waals surface area (Å²) in [6, 6.07) is 0.869. The van der Waals surface area contributed by atoms with Crippen molar-refractivity contribution in [2.75, 3.05) is 0 Å². The van der Waals surface area contributed by atoms with Crippen molar-refractivity contribution in [1.29, 1.82) is 0 Å². The van der Waals surface area contributed by atoms with Gasteiger partial charge < -0.3 is 5.32 Å². The van der Waals surface area contributed by atoms with Crippen molar-refractivity contribution in [3.8, 4) is 0 Å². The first-order valence-corrected chi connectivity index (χ1v) is 7.44. The van der Waals surface area contributed by atoms with Gasteiger partial charge in [-0.25, -0.2) is 0 Å². The predicted octanol–water partition coefficient (Wildman–Crippen LogP) is 4.23. The molecule has 2 atom stereocenters. The topological polar surface area (TPSA) is 12.0 Å². The first kappa shape index (κ1) is 12.4. The van der Waals surface area contributed by atoms with Crippen LogP contribution in [0.4, 0.5) is 0 Å². The third-order valence-electron chi connectivity index (χ3n) is 4.53. The molecule has 0 aromatic heterocycles. The summed E-state index contributed by atoms with van der Waals surface area (Å²) in [6.07, 6.45) is 18.0.